The minimum absolute atomic E-state index is 0.192. The van der Waals surface area contributed by atoms with Crippen molar-refractivity contribution < 1.29 is 18.7 Å². The first kappa shape index (κ1) is 22.3. The van der Waals surface area contributed by atoms with Crippen LogP contribution in [0.5, 0.6) is 5.75 Å². The molecule has 33 heavy (non-hydrogen) atoms. The summed E-state index contributed by atoms with van der Waals surface area (Å²) in [6.45, 7) is 2.64. The number of hydrogen-bond acceptors (Lipinski definition) is 4. The van der Waals surface area contributed by atoms with Gasteiger partial charge in [-0.1, -0.05) is 48.5 Å². The number of benzene rings is 3. The molecule has 0 spiro atoms. The van der Waals surface area contributed by atoms with Gasteiger partial charge in [-0.15, -0.1) is 0 Å². The van der Waals surface area contributed by atoms with E-state index in [0.717, 1.165) is 11.3 Å². The number of rotatable bonds is 8. The molecule has 1 aliphatic heterocycles. The van der Waals surface area contributed by atoms with Crippen molar-refractivity contribution in [2.75, 3.05) is 25.1 Å². The first-order chi connectivity index (χ1) is 16.0. The van der Waals surface area contributed by atoms with Gasteiger partial charge in [0.25, 0.3) is 11.8 Å². The highest BCUT2D eigenvalue weighted by Gasteiger charge is 2.42. The Balaban J connectivity index is 1.77. The molecule has 0 unspecified atom stereocenters. The van der Waals surface area contributed by atoms with Crippen molar-refractivity contribution in [1.29, 1.82) is 0 Å². The van der Waals surface area contributed by atoms with Crippen molar-refractivity contribution in [1.82, 2.24) is 4.90 Å². The molecule has 168 valence electrons. The zero-order chi connectivity index (χ0) is 23.4. The van der Waals surface area contributed by atoms with Crippen LogP contribution >= 0.6 is 0 Å². The molecule has 3 aromatic rings. The van der Waals surface area contributed by atoms with E-state index >= 15 is 0 Å². The molecule has 2 amide bonds. The summed E-state index contributed by atoms with van der Waals surface area (Å²) in [4.78, 5) is 30.4. The van der Waals surface area contributed by atoms with Gasteiger partial charge in [0.1, 0.15) is 17.3 Å². The first-order valence-corrected chi connectivity index (χ1v) is 10.9. The largest absolute Gasteiger partial charge is 0.496 e. The molecular weight excluding hydrogens is 419 g/mol. The predicted molar refractivity (Wildman–Crippen MR) is 126 cm³/mol. The maximum absolute atomic E-state index is 13.7. The Kier molecular flexibility index (Phi) is 6.54. The van der Waals surface area contributed by atoms with Gasteiger partial charge in [-0.3, -0.25) is 14.5 Å². The van der Waals surface area contributed by atoms with E-state index in [2.05, 4.69) is 0 Å². The van der Waals surface area contributed by atoms with Crippen LogP contribution in [0.1, 0.15) is 18.1 Å². The number of amides is 2. The Morgan fingerprint density at radius 3 is 2.21 bits per heavy atom. The molecule has 0 aromatic heterocycles. The molecule has 3 aromatic carbocycles. The number of hydrogen-bond donors (Lipinski definition) is 0. The molecule has 1 heterocycles. The summed E-state index contributed by atoms with van der Waals surface area (Å²) in [5.41, 5.74) is 2.90. The number of carbonyl (C=O) groups excluding carboxylic acids is 2. The number of para-hydroxylation sites is 2. The highest BCUT2D eigenvalue weighted by Crippen LogP contribution is 2.37. The number of likely N-dealkylation sites (N-methyl/N-ethyl adjacent to an activating group) is 1. The van der Waals surface area contributed by atoms with E-state index in [0.29, 0.717) is 35.5 Å². The van der Waals surface area contributed by atoms with E-state index in [1.54, 1.807) is 31.4 Å². The van der Waals surface area contributed by atoms with Gasteiger partial charge >= 0.3 is 0 Å². The summed E-state index contributed by atoms with van der Waals surface area (Å²) in [6, 6.07) is 22.8. The second-order valence-electron chi connectivity index (χ2n) is 7.64. The molecule has 0 fully saturated rings. The number of halogens is 1. The monoisotopic (exact) mass is 444 g/mol. The van der Waals surface area contributed by atoms with Crippen LogP contribution in [0.4, 0.5) is 10.1 Å². The Bertz CT molecular complexity index is 1190. The van der Waals surface area contributed by atoms with Crippen molar-refractivity contribution in [2.45, 2.75) is 13.3 Å². The second kappa shape index (κ2) is 9.69. The quantitative estimate of drug-likeness (QED) is 0.473. The summed E-state index contributed by atoms with van der Waals surface area (Å²) in [6.07, 6.45) is 0.432. The average molecular weight is 445 g/mol. The molecule has 0 aliphatic carbocycles. The standard InChI is InChI=1S/C27H25FN2O3/c1-3-29(21-9-5-4-6-10-21)25-24(22-11-7-8-12-23(22)33-2)26(31)30(27(25)32)18-17-19-13-15-20(28)16-14-19/h4-16H,3,17-18H2,1-2H3. The van der Waals surface area contributed by atoms with Crippen molar-refractivity contribution in [3.63, 3.8) is 0 Å². The summed E-state index contributed by atoms with van der Waals surface area (Å²) in [5, 5.41) is 0. The van der Waals surface area contributed by atoms with Crippen molar-refractivity contribution in [3.05, 3.63) is 102 Å². The fourth-order valence-electron chi connectivity index (χ4n) is 4.08. The van der Waals surface area contributed by atoms with E-state index in [-0.39, 0.29) is 24.2 Å². The van der Waals surface area contributed by atoms with E-state index in [9.17, 15) is 14.0 Å². The molecule has 4 rings (SSSR count). The van der Waals surface area contributed by atoms with Crippen LogP contribution in [0.3, 0.4) is 0 Å². The Morgan fingerprint density at radius 1 is 0.879 bits per heavy atom. The maximum atomic E-state index is 13.7. The van der Waals surface area contributed by atoms with Gasteiger partial charge in [-0.25, -0.2) is 4.39 Å². The van der Waals surface area contributed by atoms with Crippen LogP contribution in [-0.2, 0) is 16.0 Å². The molecule has 0 bridgehead atoms. The molecule has 6 heteroatoms. The lowest BCUT2D eigenvalue weighted by atomic mass is 10.0. The van der Waals surface area contributed by atoms with Crippen LogP contribution in [0.2, 0.25) is 0 Å². The summed E-state index contributed by atoms with van der Waals surface area (Å²) in [5.74, 6) is -0.517. The normalized spacial score (nSPS) is 13.6. The number of carbonyl (C=O) groups is 2. The Labute approximate surface area is 192 Å². The van der Waals surface area contributed by atoms with Crippen LogP contribution in [-0.4, -0.2) is 36.9 Å². The highest BCUT2D eigenvalue weighted by molar-refractivity contribution is 6.37. The van der Waals surface area contributed by atoms with Crippen LogP contribution in [0, 0.1) is 5.82 Å². The third-order valence-electron chi connectivity index (χ3n) is 5.71. The lowest BCUT2D eigenvalue weighted by Crippen LogP contribution is -2.36. The number of anilines is 1. The van der Waals surface area contributed by atoms with E-state index in [4.69, 9.17) is 4.74 Å². The van der Waals surface area contributed by atoms with Gasteiger partial charge in [0.15, 0.2) is 0 Å². The lowest BCUT2D eigenvalue weighted by Gasteiger charge is -2.25. The Hall–Kier alpha value is -3.93. The molecule has 0 radical (unpaired) electrons. The molecule has 5 nitrogen and oxygen atoms in total. The van der Waals surface area contributed by atoms with Gasteiger partial charge < -0.3 is 9.64 Å². The van der Waals surface area contributed by atoms with Crippen LogP contribution < -0.4 is 9.64 Å². The Morgan fingerprint density at radius 2 is 1.55 bits per heavy atom. The minimum Gasteiger partial charge on any atom is -0.496 e. The zero-order valence-corrected chi connectivity index (χ0v) is 18.6. The van der Waals surface area contributed by atoms with Gasteiger partial charge in [-0.05, 0) is 49.2 Å². The third kappa shape index (κ3) is 4.37. The minimum atomic E-state index is -0.365. The molecule has 0 saturated carbocycles. The summed E-state index contributed by atoms with van der Waals surface area (Å²) >= 11 is 0. The van der Waals surface area contributed by atoms with Gasteiger partial charge in [0.2, 0.25) is 0 Å². The lowest BCUT2D eigenvalue weighted by molar-refractivity contribution is -0.136. The first-order valence-electron chi connectivity index (χ1n) is 10.9. The van der Waals surface area contributed by atoms with Crippen LogP contribution in [0.15, 0.2) is 84.6 Å². The SMILES string of the molecule is CCN(C1=C(c2ccccc2OC)C(=O)N(CCc2ccc(F)cc2)C1=O)c1ccccc1. The van der Waals surface area contributed by atoms with Gasteiger partial charge in [0, 0.05) is 24.3 Å². The number of nitrogens with zero attached hydrogens (tertiary/aromatic N) is 2. The van der Waals surface area contributed by atoms with Crippen molar-refractivity contribution in [3.8, 4) is 5.75 Å². The van der Waals surface area contributed by atoms with Gasteiger partial charge in [0.05, 0.1) is 12.7 Å². The molecule has 1 aliphatic rings. The highest BCUT2D eigenvalue weighted by atomic mass is 19.1. The average Bonchev–Trinajstić information content (AvgIpc) is 3.09. The summed E-state index contributed by atoms with van der Waals surface area (Å²) < 4.78 is 18.8. The van der Waals surface area contributed by atoms with E-state index < -0.39 is 0 Å². The predicted octanol–water partition coefficient (Wildman–Crippen LogP) is 4.68. The van der Waals surface area contributed by atoms with Crippen molar-refractivity contribution in [2.24, 2.45) is 0 Å². The summed E-state index contributed by atoms with van der Waals surface area (Å²) in [7, 11) is 1.54. The van der Waals surface area contributed by atoms with Crippen molar-refractivity contribution >= 4 is 23.1 Å². The third-order valence-corrected chi connectivity index (χ3v) is 5.71. The topological polar surface area (TPSA) is 49.9 Å². The second-order valence-corrected chi connectivity index (χ2v) is 7.64. The maximum Gasteiger partial charge on any atom is 0.278 e. The fraction of sp³-hybridized carbons (Fsp3) is 0.185. The number of ether oxygens (including phenoxy) is 1. The number of imide groups is 1. The molecule has 0 atom stereocenters. The smallest absolute Gasteiger partial charge is 0.278 e. The molecular formula is C27H25FN2O3. The molecule has 0 N–H and O–H groups in total. The van der Waals surface area contributed by atoms with Crippen LogP contribution in [0.25, 0.3) is 5.57 Å². The number of methoxy groups -OCH3 is 1. The van der Waals surface area contributed by atoms with Gasteiger partial charge in [-0.2, -0.15) is 0 Å². The van der Waals surface area contributed by atoms with E-state index in [1.807, 2.05) is 54.3 Å². The zero-order valence-electron chi connectivity index (χ0n) is 18.6. The molecule has 0 saturated heterocycles. The fourth-order valence-corrected chi connectivity index (χ4v) is 4.08. The van der Waals surface area contributed by atoms with E-state index in [1.165, 1.54) is 17.0 Å².